The van der Waals surface area contributed by atoms with Gasteiger partial charge in [0.2, 0.25) is 5.91 Å². The number of halogens is 1. The molecule has 0 radical (unpaired) electrons. The van der Waals surface area contributed by atoms with Crippen LogP contribution in [0.4, 0.5) is 15.0 Å². The lowest BCUT2D eigenvalue weighted by molar-refractivity contribution is -0.141. The molecule has 4 heterocycles. The van der Waals surface area contributed by atoms with Crippen LogP contribution in [0.25, 0.3) is 0 Å². The van der Waals surface area contributed by atoms with Crippen molar-refractivity contribution in [2.45, 2.75) is 30.9 Å². The molecule has 1 unspecified atom stereocenters. The first-order chi connectivity index (χ1) is 12.6. The highest BCUT2D eigenvalue weighted by Gasteiger charge is 2.62. The van der Waals surface area contributed by atoms with Gasteiger partial charge in [0.05, 0.1) is 25.3 Å². The Balaban J connectivity index is 1.31. The zero-order valence-electron chi connectivity index (χ0n) is 14.4. The van der Waals surface area contributed by atoms with E-state index in [0.717, 1.165) is 19.3 Å². The number of rotatable bonds is 2. The Morgan fingerprint density at radius 2 is 2.08 bits per heavy atom. The molecule has 3 saturated heterocycles. The van der Waals surface area contributed by atoms with Crippen LogP contribution in [-0.4, -0.2) is 71.2 Å². The van der Waals surface area contributed by atoms with Gasteiger partial charge >= 0.3 is 6.09 Å². The summed E-state index contributed by atoms with van der Waals surface area (Å²) in [5.41, 5.74) is -0.605. The molecule has 1 aromatic heterocycles. The van der Waals surface area contributed by atoms with E-state index in [-0.39, 0.29) is 29.8 Å². The molecule has 4 fully saturated rings. The number of pyridine rings is 1. The molecule has 26 heavy (non-hydrogen) atoms. The maximum Gasteiger partial charge on any atom is 0.411 e. The van der Waals surface area contributed by atoms with Crippen LogP contribution in [0.15, 0.2) is 18.3 Å². The third-order valence-electron chi connectivity index (χ3n) is 6.23. The molecule has 1 saturated carbocycles. The predicted molar refractivity (Wildman–Crippen MR) is 90.0 cm³/mol. The molecule has 8 heteroatoms. The van der Waals surface area contributed by atoms with Gasteiger partial charge in [0.15, 0.2) is 5.60 Å². The van der Waals surface area contributed by atoms with E-state index in [1.54, 1.807) is 11.0 Å². The first-order valence-electron chi connectivity index (χ1n) is 9.21. The summed E-state index contributed by atoms with van der Waals surface area (Å²) in [5.74, 6) is 0.684. The van der Waals surface area contributed by atoms with Crippen LogP contribution in [0.3, 0.4) is 0 Å². The van der Waals surface area contributed by atoms with Gasteiger partial charge in [-0.25, -0.2) is 14.2 Å². The molecule has 5 rings (SSSR count). The predicted octanol–water partition coefficient (Wildman–Crippen LogP) is 1.24. The number of fused-ring (bicyclic) bond motifs is 2. The normalized spacial score (nSPS) is 27.0. The van der Waals surface area contributed by atoms with Gasteiger partial charge in [0.1, 0.15) is 11.6 Å². The fourth-order valence-electron chi connectivity index (χ4n) is 4.46. The van der Waals surface area contributed by atoms with Crippen LogP contribution in [0, 0.1) is 11.7 Å². The largest absolute Gasteiger partial charge is 0.437 e. The monoisotopic (exact) mass is 360 g/mol. The van der Waals surface area contributed by atoms with E-state index >= 15 is 0 Å². The number of nitrogens with zero attached hydrogens (tertiary/aromatic N) is 4. The summed E-state index contributed by atoms with van der Waals surface area (Å²) in [4.78, 5) is 34.7. The second-order valence-corrected chi connectivity index (χ2v) is 7.74. The summed E-state index contributed by atoms with van der Waals surface area (Å²) in [6.07, 6.45) is 3.98. The second kappa shape index (κ2) is 5.56. The average Bonchev–Trinajstić information content (AvgIpc) is 2.85. The van der Waals surface area contributed by atoms with Crippen LogP contribution in [0.1, 0.15) is 19.3 Å². The molecule has 1 aromatic rings. The van der Waals surface area contributed by atoms with Crippen LogP contribution in [0.2, 0.25) is 0 Å². The summed E-state index contributed by atoms with van der Waals surface area (Å²) in [7, 11) is 0. The fraction of sp³-hybridized carbons (Fsp3) is 0.611. The minimum Gasteiger partial charge on any atom is -0.437 e. The van der Waals surface area contributed by atoms with Gasteiger partial charge in [-0.2, -0.15) is 0 Å². The second-order valence-electron chi connectivity index (χ2n) is 7.74. The number of hydrogen-bond donors (Lipinski definition) is 0. The molecular weight excluding hydrogens is 339 g/mol. The Labute approximate surface area is 150 Å². The Bertz CT molecular complexity index is 745. The van der Waals surface area contributed by atoms with Crippen molar-refractivity contribution in [2.24, 2.45) is 5.92 Å². The third-order valence-corrected chi connectivity index (χ3v) is 6.23. The molecule has 0 aromatic carbocycles. The van der Waals surface area contributed by atoms with Crippen molar-refractivity contribution in [3.05, 3.63) is 24.1 Å². The van der Waals surface area contributed by atoms with Crippen molar-refractivity contribution in [1.29, 1.82) is 0 Å². The standard InChI is InChI=1S/C18H21FN4O3/c19-13-4-5-15(20-8-13)22-10-18(11-22)14-9-21(16(24)12-2-1-3-12)6-7-23(14)17(25)26-18/h4-5,8,12,14H,1-3,6-7,9-11H2. The number of carbonyl (C=O) groups is 2. The van der Waals surface area contributed by atoms with Gasteiger partial charge in [-0.3, -0.25) is 9.69 Å². The van der Waals surface area contributed by atoms with Crippen molar-refractivity contribution in [1.82, 2.24) is 14.8 Å². The van der Waals surface area contributed by atoms with Gasteiger partial charge < -0.3 is 14.5 Å². The number of amides is 2. The van der Waals surface area contributed by atoms with Gasteiger partial charge in [0.25, 0.3) is 0 Å². The molecule has 138 valence electrons. The lowest BCUT2D eigenvalue weighted by atomic mass is 9.82. The summed E-state index contributed by atoms with van der Waals surface area (Å²) in [6.45, 7) is 2.68. The first kappa shape index (κ1) is 15.8. The molecular formula is C18H21FN4O3. The molecule has 1 atom stereocenters. The summed E-state index contributed by atoms with van der Waals surface area (Å²) in [6, 6.07) is 2.88. The zero-order valence-corrected chi connectivity index (χ0v) is 14.4. The molecule has 0 bridgehead atoms. The first-order valence-corrected chi connectivity index (χ1v) is 9.21. The van der Waals surface area contributed by atoms with Crippen molar-refractivity contribution < 1.29 is 18.7 Å². The molecule has 1 aliphatic carbocycles. The molecule has 1 spiro atoms. The number of ether oxygens (including phenoxy) is 1. The lowest BCUT2D eigenvalue weighted by Gasteiger charge is -2.51. The molecule has 4 aliphatic rings. The van der Waals surface area contributed by atoms with Crippen LogP contribution >= 0.6 is 0 Å². The number of carbonyl (C=O) groups excluding carboxylic acids is 2. The Morgan fingerprint density at radius 3 is 2.73 bits per heavy atom. The van der Waals surface area contributed by atoms with E-state index in [9.17, 15) is 14.0 Å². The molecule has 3 aliphatic heterocycles. The van der Waals surface area contributed by atoms with E-state index in [4.69, 9.17) is 4.74 Å². The summed E-state index contributed by atoms with van der Waals surface area (Å²) >= 11 is 0. The van der Waals surface area contributed by atoms with E-state index in [2.05, 4.69) is 4.98 Å². The summed E-state index contributed by atoms with van der Waals surface area (Å²) in [5, 5.41) is 0. The zero-order chi connectivity index (χ0) is 17.9. The minimum absolute atomic E-state index is 0.121. The number of hydrogen-bond acceptors (Lipinski definition) is 5. The molecule has 0 N–H and O–H groups in total. The topological polar surface area (TPSA) is 66.0 Å². The van der Waals surface area contributed by atoms with Gasteiger partial charge in [-0.15, -0.1) is 0 Å². The van der Waals surface area contributed by atoms with E-state index < -0.39 is 5.60 Å². The Kier molecular flexibility index (Phi) is 3.39. The van der Waals surface area contributed by atoms with Gasteiger partial charge in [0, 0.05) is 25.6 Å². The quantitative estimate of drug-likeness (QED) is 0.794. The average molecular weight is 360 g/mol. The van der Waals surface area contributed by atoms with Crippen molar-refractivity contribution in [2.75, 3.05) is 37.6 Å². The Morgan fingerprint density at radius 1 is 1.27 bits per heavy atom. The van der Waals surface area contributed by atoms with Crippen molar-refractivity contribution in [3.8, 4) is 0 Å². The van der Waals surface area contributed by atoms with E-state index in [0.29, 0.717) is 38.5 Å². The number of aromatic nitrogens is 1. The highest BCUT2D eigenvalue weighted by atomic mass is 19.1. The van der Waals surface area contributed by atoms with Crippen molar-refractivity contribution in [3.63, 3.8) is 0 Å². The Hall–Kier alpha value is -2.38. The van der Waals surface area contributed by atoms with E-state index in [1.807, 2.05) is 9.80 Å². The number of anilines is 1. The SMILES string of the molecule is O=C(C1CCC1)N1CCN2C(=O)OC3(CN(c4ccc(F)cn4)C3)C2C1. The molecule has 7 nitrogen and oxygen atoms in total. The maximum atomic E-state index is 13.1. The maximum absolute atomic E-state index is 13.1. The van der Waals surface area contributed by atoms with Crippen molar-refractivity contribution >= 4 is 17.8 Å². The third kappa shape index (κ3) is 2.27. The fourth-order valence-corrected chi connectivity index (χ4v) is 4.46. The van der Waals surface area contributed by atoms with Crippen LogP contribution < -0.4 is 4.90 Å². The highest BCUT2D eigenvalue weighted by molar-refractivity contribution is 5.81. The van der Waals surface area contributed by atoms with Gasteiger partial charge in [-0.05, 0) is 25.0 Å². The van der Waals surface area contributed by atoms with Crippen LogP contribution in [-0.2, 0) is 9.53 Å². The minimum atomic E-state index is -0.605. The lowest BCUT2D eigenvalue weighted by Crippen LogP contribution is -2.71. The smallest absolute Gasteiger partial charge is 0.411 e. The number of piperazine rings is 1. The summed E-state index contributed by atoms with van der Waals surface area (Å²) < 4.78 is 18.8. The van der Waals surface area contributed by atoms with E-state index in [1.165, 1.54) is 12.3 Å². The van der Waals surface area contributed by atoms with Gasteiger partial charge in [-0.1, -0.05) is 6.42 Å². The highest BCUT2D eigenvalue weighted by Crippen LogP contribution is 2.41. The molecule has 2 amide bonds. The van der Waals surface area contributed by atoms with Crippen LogP contribution in [0.5, 0.6) is 0 Å².